The van der Waals surface area contributed by atoms with Crippen molar-refractivity contribution in [2.24, 2.45) is 0 Å². The van der Waals surface area contributed by atoms with Gasteiger partial charge in [0, 0.05) is 0 Å². The monoisotopic (exact) mass is 352 g/mol. The van der Waals surface area contributed by atoms with Gasteiger partial charge in [-0.25, -0.2) is 0 Å². The highest BCUT2D eigenvalue weighted by Crippen LogP contribution is 2.22. The third-order valence-electron chi connectivity index (χ3n) is 6.34. The maximum atomic E-state index is 2.39. The van der Waals surface area contributed by atoms with Gasteiger partial charge >= 0.3 is 0 Å². The lowest BCUT2D eigenvalue weighted by molar-refractivity contribution is 1.44. The van der Waals surface area contributed by atoms with Gasteiger partial charge in [-0.05, 0) is 88.3 Å². The molecule has 128 valence electrons. The van der Waals surface area contributed by atoms with Crippen LogP contribution in [0.3, 0.4) is 0 Å². The van der Waals surface area contributed by atoms with Crippen molar-refractivity contribution in [3.63, 3.8) is 0 Å². The Hall–Kier alpha value is -3.64. The average molecular weight is 352 g/mol. The molecule has 0 heteroatoms. The van der Waals surface area contributed by atoms with Crippen molar-refractivity contribution in [1.29, 1.82) is 0 Å². The molecule has 28 heavy (non-hydrogen) atoms. The summed E-state index contributed by atoms with van der Waals surface area (Å²) in [4.78, 5) is 0. The first kappa shape index (κ1) is 14.4. The van der Waals surface area contributed by atoms with E-state index in [9.17, 15) is 0 Å². The Bertz CT molecular complexity index is 1670. The van der Waals surface area contributed by atoms with Gasteiger partial charge in [-0.1, -0.05) is 72.8 Å². The van der Waals surface area contributed by atoms with E-state index < -0.39 is 0 Å². The van der Waals surface area contributed by atoms with Gasteiger partial charge < -0.3 is 0 Å². The molecule has 0 amide bonds. The van der Waals surface area contributed by atoms with E-state index in [4.69, 9.17) is 0 Å². The highest BCUT2D eigenvalue weighted by molar-refractivity contribution is 5.87. The Labute approximate surface area is 161 Å². The number of fused-ring (bicyclic) bond motifs is 8. The van der Waals surface area contributed by atoms with E-state index in [1.807, 2.05) is 0 Å². The van der Waals surface area contributed by atoms with E-state index in [0.717, 1.165) is 0 Å². The Morgan fingerprint density at radius 1 is 0.393 bits per heavy atom. The van der Waals surface area contributed by atoms with Gasteiger partial charge in [-0.2, -0.15) is 0 Å². The molecule has 0 bridgehead atoms. The molecule has 0 saturated carbocycles. The average Bonchev–Trinajstić information content (AvgIpc) is 3.30. The molecule has 2 aliphatic carbocycles. The summed E-state index contributed by atoms with van der Waals surface area (Å²) in [5, 5.41) is 13.4. The third kappa shape index (κ3) is 1.75. The van der Waals surface area contributed by atoms with Crippen molar-refractivity contribution < 1.29 is 0 Å². The first-order valence-corrected chi connectivity index (χ1v) is 9.79. The zero-order valence-corrected chi connectivity index (χ0v) is 15.2. The Balaban J connectivity index is 1.66. The molecule has 5 aromatic rings. The number of rotatable bonds is 0. The van der Waals surface area contributed by atoms with Crippen LogP contribution in [0.4, 0.5) is 0 Å². The fourth-order valence-electron chi connectivity index (χ4n) is 5.02. The fraction of sp³-hybridized carbons (Fsp3) is 0. The van der Waals surface area contributed by atoms with Crippen LogP contribution in [0.5, 0.6) is 0 Å². The second-order valence-corrected chi connectivity index (χ2v) is 7.81. The van der Waals surface area contributed by atoms with E-state index in [2.05, 4.69) is 97.1 Å². The van der Waals surface area contributed by atoms with Crippen molar-refractivity contribution in [1.82, 2.24) is 0 Å². The van der Waals surface area contributed by atoms with Gasteiger partial charge in [0.25, 0.3) is 0 Å². The van der Waals surface area contributed by atoms with E-state index in [0.29, 0.717) is 0 Å². The minimum absolute atomic E-state index is 1.31. The molecule has 0 N–H and O–H groups in total. The first-order valence-electron chi connectivity index (χ1n) is 9.79. The molecule has 0 aliphatic heterocycles. The molecule has 0 aromatic heterocycles. The molecule has 0 saturated heterocycles. The van der Waals surface area contributed by atoms with Crippen molar-refractivity contribution >= 4 is 33.7 Å². The zero-order chi connectivity index (χ0) is 18.2. The van der Waals surface area contributed by atoms with E-state index >= 15 is 0 Å². The molecule has 7 rings (SSSR count). The van der Waals surface area contributed by atoms with Crippen molar-refractivity contribution in [3.05, 3.63) is 127 Å². The first-order chi connectivity index (χ1) is 13.9. The Morgan fingerprint density at radius 2 is 0.857 bits per heavy atom. The van der Waals surface area contributed by atoms with E-state index in [-0.39, 0.29) is 0 Å². The normalized spacial score (nSPS) is 12.9. The van der Waals surface area contributed by atoms with Crippen LogP contribution >= 0.6 is 0 Å². The maximum absolute atomic E-state index is 2.39. The van der Waals surface area contributed by atoms with Crippen LogP contribution in [0, 0.1) is 20.9 Å². The Kier molecular flexibility index (Phi) is 2.57. The lowest BCUT2D eigenvalue weighted by atomic mass is 10.1. The molecule has 0 unspecified atom stereocenters. The van der Waals surface area contributed by atoms with Gasteiger partial charge in [0.2, 0.25) is 0 Å². The molecule has 0 atom stereocenters. The zero-order valence-electron chi connectivity index (χ0n) is 15.2. The van der Waals surface area contributed by atoms with Crippen LogP contribution in [0.1, 0.15) is 11.1 Å². The summed E-state index contributed by atoms with van der Waals surface area (Å²) in [7, 11) is 0. The second kappa shape index (κ2) is 4.99. The van der Waals surface area contributed by atoms with Crippen molar-refractivity contribution in [2.45, 2.75) is 0 Å². The number of benzene rings is 5. The maximum Gasteiger partial charge on any atom is -0.00930 e. The highest BCUT2D eigenvalue weighted by Gasteiger charge is 2.11. The molecule has 5 aromatic carbocycles. The van der Waals surface area contributed by atoms with Crippen LogP contribution in [0.15, 0.2) is 84.9 Å². The smallest absolute Gasteiger partial charge is 0.00930 e. The standard InChI is InChI=1S/C28H16/c1-3-7-21-17(5-1)9-11-23-25-14-20-16-28-22-8-4-2-6-18(22)10-12-24(28)26(20)13-19(25)15-27(21)23/h1-16H. The molecule has 0 heterocycles. The van der Waals surface area contributed by atoms with Gasteiger partial charge in [0.05, 0.1) is 0 Å². The quantitative estimate of drug-likeness (QED) is 0.366. The largest absolute Gasteiger partial charge is 0.0616 e. The minimum atomic E-state index is 1.31. The highest BCUT2D eigenvalue weighted by atomic mass is 14.1. The Morgan fingerprint density at radius 3 is 1.36 bits per heavy atom. The van der Waals surface area contributed by atoms with Gasteiger partial charge in [-0.3, -0.25) is 0 Å². The lowest BCUT2D eigenvalue weighted by Crippen LogP contribution is -2.02. The molecule has 0 spiro atoms. The second-order valence-electron chi connectivity index (χ2n) is 7.81. The van der Waals surface area contributed by atoms with Crippen LogP contribution in [0.2, 0.25) is 0 Å². The summed E-state index contributed by atoms with van der Waals surface area (Å²) >= 11 is 0. The molecule has 0 radical (unpaired) electrons. The number of hydrogen-bond acceptors (Lipinski definition) is 0. The molecular weight excluding hydrogens is 336 g/mol. The molecule has 2 aliphatic rings. The lowest BCUT2D eigenvalue weighted by Gasteiger charge is -1.97. The summed E-state index contributed by atoms with van der Waals surface area (Å²) in [6.45, 7) is 0. The molecular formula is C28H16. The van der Waals surface area contributed by atoms with Crippen LogP contribution in [-0.2, 0) is 0 Å². The number of hydrogen-bond donors (Lipinski definition) is 0. The van der Waals surface area contributed by atoms with Crippen LogP contribution in [0.25, 0.3) is 33.7 Å². The van der Waals surface area contributed by atoms with Gasteiger partial charge in [0.15, 0.2) is 0 Å². The molecule has 0 fully saturated rings. The van der Waals surface area contributed by atoms with Crippen molar-refractivity contribution in [2.75, 3.05) is 0 Å². The third-order valence-corrected chi connectivity index (χ3v) is 6.34. The summed E-state index contributed by atoms with van der Waals surface area (Å²) in [5.74, 6) is 0. The summed E-state index contributed by atoms with van der Waals surface area (Å²) in [5.41, 5.74) is 2.67. The summed E-state index contributed by atoms with van der Waals surface area (Å²) in [6.07, 6.45) is 4.73. The fourth-order valence-corrected chi connectivity index (χ4v) is 5.02. The predicted molar refractivity (Wildman–Crippen MR) is 116 cm³/mol. The van der Waals surface area contributed by atoms with E-state index in [1.165, 1.54) is 64.0 Å². The topological polar surface area (TPSA) is 0 Å². The van der Waals surface area contributed by atoms with Gasteiger partial charge in [-0.15, -0.1) is 0 Å². The van der Waals surface area contributed by atoms with E-state index in [1.54, 1.807) is 0 Å². The van der Waals surface area contributed by atoms with Crippen molar-refractivity contribution in [3.8, 4) is 0 Å². The minimum Gasteiger partial charge on any atom is -0.0616 e. The van der Waals surface area contributed by atoms with Gasteiger partial charge in [0.1, 0.15) is 0 Å². The molecule has 0 nitrogen and oxygen atoms in total. The predicted octanol–water partition coefficient (Wildman–Crippen LogP) is 4.85. The summed E-state index contributed by atoms with van der Waals surface area (Å²) in [6, 6.07) is 31.2. The SMILES string of the molecule is C1=c2c(ccc3ccccc23)=c2cc3c(cc21)=c1ccc2ccccc2c1=C3. The summed E-state index contributed by atoms with van der Waals surface area (Å²) < 4.78 is 0. The van der Waals surface area contributed by atoms with Crippen LogP contribution < -0.4 is 10.4 Å². The van der Waals surface area contributed by atoms with Crippen LogP contribution in [-0.4, -0.2) is 0 Å².